The van der Waals surface area contributed by atoms with E-state index in [4.69, 9.17) is 20.4 Å². The van der Waals surface area contributed by atoms with E-state index in [9.17, 15) is 4.79 Å². The maximum Gasteiger partial charge on any atom is 0.271 e. The summed E-state index contributed by atoms with van der Waals surface area (Å²) in [5.74, 6) is 0.256. The van der Waals surface area contributed by atoms with Gasteiger partial charge in [-0.3, -0.25) is 9.69 Å². The summed E-state index contributed by atoms with van der Waals surface area (Å²) in [6.07, 6.45) is 7.63. The molecular weight excluding hydrogens is 568 g/mol. The summed E-state index contributed by atoms with van der Waals surface area (Å²) in [5.41, 5.74) is 10.1. The van der Waals surface area contributed by atoms with E-state index >= 15 is 0 Å². The molecule has 1 amide bonds. The number of rotatable bonds is 8. The molecule has 0 aliphatic carbocycles. The molecule has 0 unspecified atom stereocenters. The number of piperidine rings is 1. The summed E-state index contributed by atoms with van der Waals surface area (Å²) in [5, 5.41) is 7.82. The molecule has 236 valence electrons. The Balaban J connectivity index is 1.12. The summed E-state index contributed by atoms with van der Waals surface area (Å²) in [6, 6.07) is 13.0. The van der Waals surface area contributed by atoms with E-state index < -0.39 is 5.91 Å². The molecular formula is C33H42N10O2. The number of nitrogens with zero attached hydrogens (tertiary/aromatic N) is 6. The number of likely N-dealkylation sites (N-methyl/N-ethyl adjacent to an activating group) is 1. The van der Waals surface area contributed by atoms with E-state index in [1.807, 2.05) is 30.5 Å². The van der Waals surface area contributed by atoms with Crippen molar-refractivity contribution in [1.29, 1.82) is 0 Å². The summed E-state index contributed by atoms with van der Waals surface area (Å²) in [4.78, 5) is 37.6. The summed E-state index contributed by atoms with van der Waals surface area (Å²) in [7, 11) is 2.21. The number of hydrogen-bond donors (Lipinski definition) is 4. The van der Waals surface area contributed by atoms with Crippen LogP contribution in [0.15, 0.2) is 48.8 Å². The van der Waals surface area contributed by atoms with Crippen LogP contribution < -0.4 is 21.3 Å². The molecule has 7 rings (SSSR count). The number of carbonyl (C=O) groups is 1. The predicted octanol–water partition coefficient (Wildman–Crippen LogP) is 3.67. The van der Waals surface area contributed by atoms with E-state index in [-0.39, 0.29) is 11.7 Å². The molecule has 5 N–H and O–H groups in total. The summed E-state index contributed by atoms with van der Waals surface area (Å²) < 4.78 is 5.57. The number of fused-ring (bicyclic) bond motifs is 1. The highest BCUT2D eigenvalue weighted by Crippen LogP contribution is 2.34. The molecule has 1 aromatic carbocycles. The normalized spacial score (nSPS) is 19.2. The Morgan fingerprint density at radius 3 is 2.42 bits per heavy atom. The first-order valence-electron chi connectivity index (χ1n) is 16.0. The molecule has 12 heteroatoms. The fraction of sp³-hybridized carbons (Fsp3) is 0.455. The molecule has 3 saturated heterocycles. The van der Waals surface area contributed by atoms with E-state index in [1.165, 1.54) is 31.6 Å². The molecule has 3 aliphatic heterocycles. The standard InChI is InChI=1S/C33H42N10O2/c1-41-16-18-43(19-17-41)25-8-14-42(15-9-25)24-4-2-22(3-5-24)37-33-29(30(34)44)39-28(26-6-12-35-31-27(26)7-13-36-31)32(40-33)38-23-10-20-45-21-11-23/h2-7,12-13,23,25H,8-11,14-21H2,1H3,(H2,34,44)(H,35,36)(H2,37,38,40). The summed E-state index contributed by atoms with van der Waals surface area (Å²) >= 11 is 0. The molecule has 0 bridgehead atoms. The molecule has 4 aromatic rings. The number of H-pyrrole nitrogens is 1. The highest BCUT2D eigenvalue weighted by Gasteiger charge is 2.27. The van der Waals surface area contributed by atoms with Crippen molar-refractivity contribution in [3.8, 4) is 11.3 Å². The minimum Gasteiger partial charge on any atom is -0.381 e. The number of aromatic amines is 1. The van der Waals surface area contributed by atoms with Crippen molar-refractivity contribution in [2.24, 2.45) is 5.73 Å². The molecule has 45 heavy (non-hydrogen) atoms. The van der Waals surface area contributed by atoms with Crippen LogP contribution in [0.4, 0.5) is 23.0 Å². The Kier molecular flexibility index (Phi) is 8.51. The zero-order valence-electron chi connectivity index (χ0n) is 25.8. The van der Waals surface area contributed by atoms with E-state index in [0.29, 0.717) is 36.6 Å². The first-order chi connectivity index (χ1) is 22.0. The monoisotopic (exact) mass is 610 g/mol. The lowest BCUT2D eigenvalue weighted by Gasteiger charge is -2.42. The SMILES string of the molecule is CN1CCN(C2CCN(c3ccc(Nc4nc(NC5CCOCC5)c(-c5ccnc6[nH]ccc56)nc4C(N)=O)cc3)CC2)CC1. The third kappa shape index (κ3) is 6.44. The average Bonchev–Trinajstić information content (AvgIpc) is 3.56. The Morgan fingerprint density at radius 1 is 0.933 bits per heavy atom. The van der Waals surface area contributed by atoms with Gasteiger partial charge >= 0.3 is 0 Å². The van der Waals surface area contributed by atoms with Gasteiger partial charge in [0.25, 0.3) is 5.91 Å². The number of hydrogen-bond acceptors (Lipinski definition) is 10. The number of carbonyl (C=O) groups excluding carboxylic acids is 1. The number of benzene rings is 1. The number of nitrogens with two attached hydrogens (primary N) is 1. The van der Waals surface area contributed by atoms with E-state index in [2.05, 4.69) is 54.5 Å². The molecule has 0 saturated carbocycles. The quantitative estimate of drug-likeness (QED) is 0.234. The van der Waals surface area contributed by atoms with Gasteiger partial charge in [0.15, 0.2) is 17.3 Å². The Morgan fingerprint density at radius 2 is 1.69 bits per heavy atom. The Hall–Kier alpha value is -4.26. The molecule has 3 fully saturated rings. The van der Waals surface area contributed by atoms with Gasteiger partial charge in [0, 0.05) is 99.3 Å². The second-order valence-electron chi connectivity index (χ2n) is 12.3. The first-order valence-corrected chi connectivity index (χ1v) is 16.0. The van der Waals surface area contributed by atoms with Gasteiger partial charge in [0.05, 0.1) is 0 Å². The van der Waals surface area contributed by atoms with Crippen LogP contribution in [-0.4, -0.2) is 107 Å². The van der Waals surface area contributed by atoms with Gasteiger partial charge in [-0.25, -0.2) is 15.0 Å². The van der Waals surface area contributed by atoms with Gasteiger partial charge in [0.2, 0.25) is 0 Å². The van der Waals surface area contributed by atoms with Crippen molar-refractivity contribution in [2.75, 3.05) is 75.1 Å². The minimum atomic E-state index is -0.650. The molecule has 0 atom stereocenters. The van der Waals surface area contributed by atoms with Gasteiger partial charge < -0.3 is 35.9 Å². The molecule has 0 spiro atoms. The van der Waals surface area contributed by atoms with Crippen LogP contribution in [0.25, 0.3) is 22.3 Å². The van der Waals surface area contributed by atoms with Gasteiger partial charge in [-0.15, -0.1) is 0 Å². The topological polar surface area (TPSA) is 141 Å². The van der Waals surface area contributed by atoms with Crippen LogP contribution in [0, 0.1) is 0 Å². The van der Waals surface area contributed by atoms with Crippen LogP contribution in [0.5, 0.6) is 0 Å². The first kappa shape index (κ1) is 29.5. The van der Waals surface area contributed by atoms with Gasteiger partial charge in [-0.05, 0) is 69.1 Å². The highest BCUT2D eigenvalue weighted by molar-refractivity contribution is 6.00. The molecule has 3 aliphatic rings. The molecule has 3 aromatic heterocycles. The lowest BCUT2D eigenvalue weighted by atomic mass is 10.0. The zero-order valence-corrected chi connectivity index (χ0v) is 25.8. The van der Waals surface area contributed by atoms with Gasteiger partial charge in [0.1, 0.15) is 11.3 Å². The fourth-order valence-electron chi connectivity index (χ4n) is 6.75. The van der Waals surface area contributed by atoms with Crippen molar-refractivity contribution in [3.05, 3.63) is 54.5 Å². The number of piperazine rings is 1. The maximum atomic E-state index is 12.7. The maximum absolute atomic E-state index is 12.7. The molecule has 12 nitrogen and oxygen atoms in total. The predicted molar refractivity (Wildman–Crippen MR) is 177 cm³/mol. The van der Waals surface area contributed by atoms with Gasteiger partial charge in [-0.1, -0.05) is 0 Å². The zero-order chi connectivity index (χ0) is 30.8. The Bertz CT molecular complexity index is 1620. The number of anilines is 4. The average molecular weight is 611 g/mol. The van der Waals surface area contributed by atoms with Crippen molar-refractivity contribution in [3.63, 3.8) is 0 Å². The van der Waals surface area contributed by atoms with Crippen LogP contribution >= 0.6 is 0 Å². The van der Waals surface area contributed by atoms with Crippen LogP contribution in [0.3, 0.4) is 0 Å². The van der Waals surface area contributed by atoms with Crippen LogP contribution in [-0.2, 0) is 4.74 Å². The van der Waals surface area contributed by atoms with Crippen molar-refractivity contribution >= 4 is 40.0 Å². The molecule has 0 radical (unpaired) electrons. The number of amides is 1. The number of pyridine rings is 1. The van der Waals surface area contributed by atoms with Gasteiger partial charge in [-0.2, -0.15) is 0 Å². The fourth-order valence-corrected chi connectivity index (χ4v) is 6.75. The second kappa shape index (κ2) is 13.0. The molecule has 6 heterocycles. The Labute approximate surface area is 263 Å². The van der Waals surface area contributed by atoms with Crippen molar-refractivity contribution in [2.45, 2.75) is 37.8 Å². The largest absolute Gasteiger partial charge is 0.381 e. The lowest BCUT2D eigenvalue weighted by molar-refractivity contribution is 0.0904. The third-order valence-electron chi connectivity index (χ3n) is 9.42. The van der Waals surface area contributed by atoms with E-state index in [1.54, 1.807) is 6.20 Å². The number of aromatic nitrogens is 4. The van der Waals surface area contributed by atoms with Crippen LogP contribution in [0.2, 0.25) is 0 Å². The van der Waals surface area contributed by atoms with Crippen LogP contribution in [0.1, 0.15) is 36.2 Å². The second-order valence-corrected chi connectivity index (χ2v) is 12.3. The van der Waals surface area contributed by atoms with E-state index in [0.717, 1.165) is 61.3 Å². The third-order valence-corrected chi connectivity index (χ3v) is 9.42. The van der Waals surface area contributed by atoms with Crippen molar-refractivity contribution < 1.29 is 9.53 Å². The van der Waals surface area contributed by atoms with Crippen molar-refractivity contribution in [1.82, 2.24) is 29.7 Å². The number of primary amides is 1. The summed E-state index contributed by atoms with van der Waals surface area (Å²) in [6.45, 7) is 8.12. The number of nitrogens with one attached hydrogen (secondary N) is 3. The highest BCUT2D eigenvalue weighted by atomic mass is 16.5. The number of ether oxygens (including phenoxy) is 1. The minimum absolute atomic E-state index is 0.0816. The lowest BCUT2D eigenvalue weighted by Crippen LogP contribution is -2.52. The smallest absolute Gasteiger partial charge is 0.271 e.